The summed E-state index contributed by atoms with van der Waals surface area (Å²) in [6, 6.07) is 2.58. The molecule has 1 N–H and O–H groups in total. The lowest BCUT2D eigenvalue weighted by Gasteiger charge is -2.34. The Hall–Kier alpha value is -1.16. The van der Waals surface area contributed by atoms with E-state index in [0.29, 0.717) is 6.04 Å². The molecule has 1 atom stereocenters. The Bertz CT molecular complexity index is 334. The van der Waals surface area contributed by atoms with Gasteiger partial charge in [-0.25, -0.2) is 9.97 Å². The fourth-order valence-corrected chi connectivity index (χ4v) is 2.31. The van der Waals surface area contributed by atoms with Crippen LogP contribution < -0.4 is 10.2 Å². The maximum atomic E-state index is 4.51. The molecule has 0 saturated carbocycles. The predicted molar refractivity (Wildman–Crippen MR) is 65.7 cm³/mol. The standard InChI is InChI=1S/C12H20N4/c1-3-16(11-5-4-7-13-9-11)12-6-8-14-10(2)15-12/h6,8,11,13H,3-5,7,9H2,1-2H3. The Morgan fingerprint density at radius 2 is 2.44 bits per heavy atom. The zero-order chi connectivity index (χ0) is 11.4. The second kappa shape index (κ2) is 5.25. The highest BCUT2D eigenvalue weighted by atomic mass is 15.2. The minimum absolute atomic E-state index is 0.577. The van der Waals surface area contributed by atoms with Gasteiger partial charge in [-0.2, -0.15) is 0 Å². The van der Waals surface area contributed by atoms with Crippen LogP contribution in [0.25, 0.3) is 0 Å². The molecule has 88 valence electrons. The number of hydrogen-bond donors (Lipinski definition) is 1. The Kier molecular flexibility index (Phi) is 3.72. The summed E-state index contributed by atoms with van der Waals surface area (Å²) in [5, 5.41) is 3.45. The molecule has 1 fully saturated rings. The summed E-state index contributed by atoms with van der Waals surface area (Å²) in [7, 11) is 0. The maximum absolute atomic E-state index is 4.51. The molecule has 0 bridgehead atoms. The second-order valence-electron chi connectivity index (χ2n) is 4.25. The van der Waals surface area contributed by atoms with Crippen molar-refractivity contribution >= 4 is 5.82 Å². The van der Waals surface area contributed by atoms with Gasteiger partial charge in [0.05, 0.1) is 0 Å². The van der Waals surface area contributed by atoms with E-state index in [0.717, 1.165) is 31.3 Å². The summed E-state index contributed by atoms with van der Waals surface area (Å²) in [5.74, 6) is 1.91. The Balaban J connectivity index is 2.14. The maximum Gasteiger partial charge on any atom is 0.132 e. The number of hydrogen-bond acceptors (Lipinski definition) is 4. The van der Waals surface area contributed by atoms with Gasteiger partial charge in [-0.1, -0.05) is 0 Å². The summed E-state index contributed by atoms with van der Waals surface area (Å²) in [6.45, 7) is 7.35. The highest BCUT2D eigenvalue weighted by Crippen LogP contribution is 2.17. The van der Waals surface area contributed by atoms with Gasteiger partial charge in [-0.15, -0.1) is 0 Å². The first-order valence-electron chi connectivity index (χ1n) is 6.08. The van der Waals surface area contributed by atoms with Crippen molar-refractivity contribution < 1.29 is 0 Å². The van der Waals surface area contributed by atoms with Gasteiger partial charge in [0.1, 0.15) is 11.6 Å². The Labute approximate surface area is 97.1 Å². The summed E-state index contributed by atoms with van der Waals surface area (Å²) in [5.41, 5.74) is 0. The zero-order valence-electron chi connectivity index (χ0n) is 10.1. The van der Waals surface area contributed by atoms with E-state index in [1.807, 2.05) is 19.2 Å². The van der Waals surface area contributed by atoms with Crippen LogP contribution in [0.15, 0.2) is 12.3 Å². The van der Waals surface area contributed by atoms with E-state index in [2.05, 4.69) is 27.1 Å². The zero-order valence-corrected chi connectivity index (χ0v) is 10.1. The molecule has 1 aromatic rings. The first kappa shape index (κ1) is 11.3. The normalized spacial score (nSPS) is 20.8. The van der Waals surface area contributed by atoms with Gasteiger partial charge in [0.2, 0.25) is 0 Å². The molecule has 0 radical (unpaired) electrons. The molecule has 1 unspecified atom stereocenters. The van der Waals surface area contributed by atoms with Crippen LogP contribution in [0.5, 0.6) is 0 Å². The largest absolute Gasteiger partial charge is 0.353 e. The molecule has 1 saturated heterocycles. The average molecular weight is 220 g/mol. The third kappa shape index (κ3) is 2.50. The minimum Gasteiger partial charge on any atom is -0.353 e. The highest BCUT2D eigenvalue weighted by molar-refractivity contribution is 5.39. The average Bonchev–Trinajstić information content (AvgIpc) is 2.31. The fourth-order valence-electron chi connectivity index (χ4n) is 2.31. The summed E-state index contributed by atoms with van der Waals surface area (Å²) in [6.07, 6.45) is 4.35. The predicted octanol–water partition coefficient (Wildman–Crippen LogP) is 1.36. The van der Waals surface area contributed by atoms with E-state index >= 15 is 0 Å². The van der Waals surface area contributed by atoms with Crippen molar-refractivity contribution in [2.45, 2.75) is 32.7 Å². The molecule has 4 nitrogen and oxygen atoms in total. The van der Waals surface area contributed by atoms with E-state index in [-0.39, 0.29) is 0 Å². The van der Waals surface area contributed by atoms with Gasteiger partial charge >= 0.3 is 0 Å². The fraction of sp³-hybridized carbons (Fsp3) is 0.667. The van der Waals surface area contributed by atoms with Gasteiger partial charge in [-0.3, -0.25) is 0 Å². The van der Waals surface area contributed by atoms with Crippen LogP contribution in [0.1, 0.15) is 25.6 Å². The van der Waals surface area contributed by atoms with Crippen LogP contribution in [-0.4, -0.2) is 35.6 Å². The van der Waals surface area contributed by atoms with Crippen molar-refractivity contribution in [2.24, 2.45) is 0 Å². The first-order valence-corrected chi connectivity index (χ1v) is 6.08. The monoisotopic (exact) mass is 220 g/mol. The number of aromatic nitrogens is 2. The molecule has 0 aromatic carbocycles. The number of nitrogens with zero attached hydrogens (tertiary/aromatic N) is 3. The van der Waals surface area contributed by atoms with Gasteiger partial charge in [-0.05, 0) is 39.3 Å². The molecule has 0 aliphatic carbocycles. The third-order valence-corrected chi connectivity index (χ3v) is 3.11. The summed E-state index contributed by atoms with van der Waals surface area (Å²) >= 11 is 0. The number of anilines is 1. The molecule has 1 aromatic heterocycles. The van der Waals surface area contributed by atoms with Gasteiger partial charge in [0, 0.05) is 25.3 Å². The van der Waals surface area contributed by atoms with E-state index in [1.54, 1.807) is 0 Å². The number of aryl methyl sites for hydroxylation is 1. The van der Waals surface area contributed by atoms with E-state index in [9.17, 15) is 0 Å². The molecular formula is C12H20N4. The lowest BCUT2D eigenvalue weighted by atomic mass is 10.1. The number of nitrogens with one attached hydrogen (secondary N) is 1. The van der Waals surface area contributed by atoms with Crippen molar-refractivity contribution in [3.05, 3.63) is 18.1 Å². The van der Waals surface area contributed by atoms with Gasteiger partial charge in [0.15, 0.2) is 0 Å². The third-order valence-electron chi connectivity index (χ3n) is 3.11. The van der Waals surface area contributed by atoms with Crippen LogP contribution in [0.2, 0.25) is 0 Å². The highest BCUT2D eigenvalue weighted by Gasteiger charge is 2.20. The van der Waals surface area contributed by atoms with Crippen LogP contribution in [0, 0.1) is 6.92 Å². The summed E-state index contributed by atoms with van der Waals surface area (Å²) < 4.78 is 0. The lowest BCUT2D eigenvalue weighted by Crippen LogP contribution is -2.46. The number of likely N-dealkylation sites (N-methyl/N-ethyl adjacent to an activating group) is 1. The molecule has 2 heterocycles. The van der Waals surface area contributed by atoms with Crippen LogP contribution in [-0.2, 0) is 0 Å². The summed E-state index contributed by atoms with van der Waals surface area (Å²) in [4.78, 5) is 11.0. The van der Waals surface area contributed by atoms with E-state index in [4.69, 9.17) is 0 Å². The number of piperidine rings is 1. The minimum atomic E-state index is 0.577. The van der Waals surface area contributed by atoms with E-state index < -0.39 is 0 Å². The van der Waals surface area contributed by atoms with Crippen molar-refractivity contribution in [1.29, 1.82) is 0 Å². The molecular weight excluding hydrogens is 200 g/mol. The smallest absolute Gasteiger partial charge is 0.132 e. The SMILES string of the molecule is CCN(c1ccnc(C)n1)C1CCCNC1. The number of rotatable bonds is 3. The van der Waals surface area contributed by atoms with Crippen LogP contribution in [0.4, 0.5) is 5.82 Å². The molecule has 16 heavy (non-hydrogen) atoms. The van der Waals surface area contributed by atoms with Crippen molar-refractivity contribution in [3.63, 3.8) is 0 Å². The lowest BCUT2D eigenvalue weighted by molar-refractivity contribution is 0.433. The molecule has 0 amide bonds. The van der Waals surface area contributed by atoms with Crippen LogP contribution in [0.3, 0.4) is 0 Å². The van der Waals surface area contributed by atoms with E-state index in [1.165, 1.54) is 12.8 Å². The second-order valence-corrected chi connectivity index (χ2v) is 4.25. The molecule has 1 aliphatic heterocycles. The molecule has 4 heteroatoms. The van der Waals surface area contributed by atoms with Crippen molar-refractivity contribution in [1.82, 2.24) is 15.3 Å². The molecule has 1 aliphatic rings. The first-order chi connectivity index (χ1) is 7.81. The molecule has 0 spiro atoms. The van der Waals surface area contributed by atoms with Gasteiger partial charge in [0.25, 0.3) is 0 Å². The Morgan fingerprint density at radius 1 is 1.56 bits per heavy atom. The Morgan fingerprint density at radius 3 is 3.06 bits per heavy atom. The van der Waals surface area contributed by atoms with Crippen molar-refractivity contribution in [2.75, 3.05) is 24.5 Å². The molecule has 2 rings (SSSR count). The quantitative estimate of drug-likeness (QED) is 0.835. The van der Waals surface area contributed by atoms with Gasteiger partial charge < -0.3 is 10.2 Å². The van der Waals surface area contributed by atoms with Crippen LogP contribution >= 0.6 is 0 Å². The van der Waals surface area contributed by atoms with Crippen molar-refractivity contribution in [3.8, 4) is 0 Å². The topological polar surface area (TPSA) is 41.1 Å².